The predicted octanol–water partition coefficient (Wildman–Crippen LogP) is 3.17. The highest BCUT2D eigenvalue weighted by molar-refractivity contribution is 9.10. The summed E-state index contributed by atoms with van der Waals surface area (Å²) in [5.41, 5.74) is 1.09. The number of hydrogen-bond donors (Lipinski definition) is 2. The summed E-state index contributed by atoms with van der Waals surface area (Å²) in [5, 5.41) is 11.6. The van der Waals surface area contributed by atoms with E-state index in [-0.39, 0.29) is 17.9 Å². The Morgan fingerprint density at radius 1 is 1.20 bits per heavy atom. The first-order valence-electron chi connectivity index (χ1n) is 6.59. The molecule has 20 heavy (non-hydrogen) atoms. The molecule has 0 fully saturated rings. The van der Waals surface area contributed by atoms with Crippen LogP contribution in [0.5, 0.6) is 0 Å². The van der Waals surface area contributed by atoms with Crippen LogP contribution in [0.4, 0.5) is 0 Å². The monoisotopic (exact) mass is 341 g/mol. The third kappa shape index (κ3) is 4.96. The van der Waals surface area contributed by atoms with E-state index in [1.165, 1.54) is 0 Å². The van der Waals surface area contributed by atoms with Crippen LogP contribution in [-0.4, -0.2) is 23.0 Å². The van der Waals surface area contributed by atoms with Crippen LogP contribution in [0, 0.1) is 5.92 Å². The SMILES string of the molecule is CC(CC(=O)NC(C)C(C)C(=O)O)c1ccc(Br)cc1. The minimum atomic E-state index is -0.904. The molecule has 0 heterocycles. The van der Waals surface area contributed by atoms with Crippen LogP contribution in [-0.2, 0) is 9.59 Å². The van der Waals surface area contributed by atoms with E-state index in [1.807, 2.05) is 31.2 Å². The first-order valence-corrected chi connectivity index (χ1v) is 7.38. The van der Waals surface area contributed by atoms with Gasteiger partial charge in [0.1, 0.15) is 0 Å². The summed E-state index contributed by atoms with van der Waals surface area (Å²) in [7, 11) is 0. The lowest BCUT2D eigenvalue weighted by Gasteiger charge is -2.19. The van der Waals surface area contributed by atoms with E-state index in [9.17, 15) is 9.59 Å². The summed E-state index contributed by atoms with van der Waals surface area (Å²) < 4.78 is 1.00. The van der Waals surface area contributed by atoms with Gasteiger partial charge in [-0.3, -0.25) is 9.59 Å². The second-order valence-electron chi connectivity index (χ2n) is 5.14. The molecule has 1 amide bonds. The Morgan fingerprint density at radius 3 is 2.25 bits per heavy atom. The highest BCUT2D eigenvalue weighted by Crippen LogP contribution is 2.21. The number of benzene rings is 1. The van der Waals surface area contributed by atoms with Crippen molar-refractivity contribution < 1.29 is 14.7 Å². The highest BCUT2D eigenvalue weighted by Gasteiger charge is 2.21. The van der Waals surface area contributed by atoms with Gasteiger partial charge in [-0.05, 0) is 37.5 Å². The molecule has 0 bridgehead atoms. The molecule has 0 spiro atoms. The van der Waals surface area contributed by atoms with Crippen molar-refractivity contribution in [2.24, 2.45) is 5.92 Å². The fourth-order valence-electron chi connectivity index (χ4n) is 1.84. The van der Waals surface area contributed by atoms with Crippen molar-refractivity contribution in [2.75, 3.05) is 0 Å². The average molecular weight is 342 g/mol. The van der Waals surface area contributed by atoms with Crippen molar-refractivity contribution in [3.8, 4) is 0 Å². The number of rotatable bonds is 6. The topological polar surface area (TPSA) is 66.4 Å². The molecule has 1 rings (SSSR count). The van der Waals surface area contributed by atoms with E-state index in [4.69, 9.17) is 5.11 Å². The molecule has 0 aliphatic carbocycles. The molecule has 0 saturated heterocycles. The maximum atomic E-state index is 11.9. The van der Waals surface area contributed by atoms with Gasteiger partial charge in [0.2, 0.25) is 5.91 Å². The minimum absolute atomic E-state index is 0.0930. The lowest BCUT2D eigenvalue weighted by molar-refractivity contribution is -0.142. The van der Waals surface area contributed by atoms with Crippen LogP contribution in [0.15, 0.2) is 28.7 Å². The highest BCUT2D eigenvalue weighted by atomic mass is 79.9. The number of nitrogens with one attached hydrogen (secondary N) is 1. The molecule has 0 saturated carbocycles. The van der Waals surface area contributed by atoms with Gasteiger partial charge in [-0.15, -0.1) is 0 Å². The Labute approximate surface area is 127 Å². The lowest BCUT2D eigenvalue weighted by atomic mass is 9.97. The van der Waals surface area contributed by atoms with Crippen LogP contribution < -0.4 is 5.32 Å². The van der Waals surface area contributed by atoms with Crippen molar-refractivity contribution in [2.45, 2.75) is 39.2 Å². The number of halogens is 1. The molecule has 3 atom stereocenters. The Bertz CT molecular complexity index is 473. The van der Waals surface area contributed by atoms with E-state index >= 15 is 0 Å². The Kier molecular flexibility index (Phi) is 6.20. The number of carboxylic acids is 1. The summed E-state index contributed by atoms with van der Waals surface area (Å²) >= 11 is 3.37. The number of carbonyl (C=O) groups is 2. The molecule has 5 heteroatoms. The molecular weight excluding hydrogens is 322 g/mol. The fourth-order valence-corrected chi connectivity index (χ4v) is 2.10. The van der Waals surface area contributed by atoms with Gasteiger partial charge in [0.15, 0.2) is 0 Å². The van der Waals surface area contributed by atoms with Gasteiger partial charge in [-0.25, -0.2) is 0 Å². The van der Waals surface area contributed by atoms with E-state index in [0.717, 1.165) is 10.0 Å². The fraction of sp³-hybridized carbons (Fsp3) is 0.467. The number of hydrogen-bond acceptors (Lipinski definition) is 2. The molecular formula is C15H20BrNO3. The summed E-state index contributed by atoms with van der Waals surface area (Å²) in [6, 6.07) is 7.46. The number of carbonyl (C=O) groups excluding carboxylic acids is 1. The minimum Gasteiger partial charge on any atom is -0.481 e. The summed E-state index contributed by atoms with van der Waals surface area (Å²) in [5.74, 6) is -1.53. The van der Waals surface area contributed by atoms with Crippen LogP contribution in [0.25, 0.3) is 0 Å². The zero-order valence-corrected chi connectivity index (χ0v) is 13.5. The van der Waals surface area contributed by atoms with Crippen molar-refractivity contribution in [1.29, 1.82) is 0 Å². The second-order valence-corrected chi connectivity index (χ2v) is 6.06. The van der Waals surface area contributed by atoms with Crippen LogP contribution >= 0.6 is 15.9 Å². The molecule has 110 valence electrons. The van der Waals surface area contributed by atoms with Crippen LogP contribution in [0.2, 0.25) is 0 Å². The van der Waals surface area contributed by atoms with Gasteiger partial charge >= 0.3 is 5.97 Å². The lowest BCUT2D eigenvalue weighted by Crippen LogP contribution is -2.40. The molecule has 0 aliphatic heterocycles. The molecule has 2 N–H and O–H groups in total. The summed E-state index contributed by atoms with van der Waals surface area (Å²) in [4.78, 5) is 22.8. The van der Waals surface area contributed by atoms with Crippen molar-refractivity contribution in [3.63, 3.8) is 0 Å². The van der Waals surface area contributed by atoms with Crippen molar-refractivity contribution >= 4 is 27.8 Å². The number of amides is 1. The van der Waals surface area contributed by atoms with Gasteiger partial charge in [-0.2, -0.15) is 0 Å². The Balaban J connectivity index is 2.53. The molecule has 1 aromatic rings. The standard InChI is InChI=1S/C15H20BrNO3/c1-9(12-4-6-13(16)7-5-12)8-14(18)17-11(3)10(2)15(19)20/h4-7,9-11H,8H2,1-3H3,(H,17,18)(H,19,20). The molecule has 3 unspecified atom stereocenters. The van der Waals surface area contributed by atoms with E-state index < -0.39 is 11.9 Å². The second kappa shape index (κ2) is 7.43. The van der Waals surface area contributed by atoms with Gasteiger partial charge in [-0.1, -0.05) is 35.0 Å². The smallest absolute Gasteiger partial charge is 0.308 e. The van der Waals surface area contributed by atoms with Gasteiger partial charge < -0.3 is 10.4 Å². The maximum Gasteiger partial charge on any atom is 0.308 e. The summed E-state index contributed by atoms with van der Waals surface area (Å²) in [6.07, 6.45) is 0.346. The molecule has 0 aromatic heterocycles. The van der Waals surface area contributed by atoms with E-state index in [2.05, 4.69) is 21.2 Å². The number of carboxylic acid groups (broad SMARTS) is 1. The van der Waals surface area contributed by atoms with E-state index in [1.54, 1.807) is 13.8 Å². The zero-order valence-electron chi connectivity index (χ0n) is 11.9. The molecule has 1 aromatic carbocycles. The zero-order chi connectivity index (χ0) is 15.3. The normalized spacial score (nSPS) is 15.2. The van der Waals surface area contributed by atoms with Crippen LogP contribution in [0.1, 0.15) is 38.7 Å². The summed E-state index contributed by atoms with van der Waals surface area (Å²) in [6.45, 7) is 5.28. The molecule has 0 radical (unpaired) electrons. The first-order chi connectivity index (χ1) is 9.31. The Hall–Kier alpha value is -1.36. The third-order valence-electron chi connectivity index (χ3n) is 3.46. The third-order valence-corrected chi connectivity index (χ3v) is 3.99. The quantitative estimate of drug-likeness (QED) is 0.835. The van der Waals surface area contributed by atoms with E-state index in [0.29, 0.717) is 6.42 Å². The van der Waals surface area contributed by atoms with Crippen molar-refractivity contribution in [3.05, 3.63) is 34.3 Å². The molecule has 4 nitrogen and oxygen atoms in total. The van der Waals surface area contributed by atoms with Crippen molar-refractivity contribution in [1.82, 2.24) is 5.32 Å². The maximum absolute atomic E-state index is 11.9. The van der Waals surface area contributed by atoms with Gasteiger partial charge in [0.05, 0.1) is 5.92 Å². The molecule has 0 aliphatic rings. The first kappa shape index (κ1) is 16.7. The van der Waals surface area contributed by atoms with Crippen LogP contribution in [0.3, 0.4) is 0 Å². The Morgan fingerprint density at radius 2 is 1.75 bits per heavy atom. The van der Waals surface area contributed by atoms with Gasteiger partial charge in [0.25, 0.3) is 0 Å². The predicted molar refractivity (Wildman–Crippen MR) is 81.6 cm³/mol. The number of aliphatic carboxylic acids is 1. The largest absolute Gasteiger partial charge is 0.481 e. The average Bonchev–Trinajstić information content (AvgIpc) is 2.37. The van der Waals surface area contributed by atoms with Gasteiger partial charge in [0, 0.05) is 16.9 Å².